The fourth-order valence-corrected chi connectivity index (χ4v) is 4.54. The summed E-state index contributed by atoms with van der Waals surface area (Å²) < 4.78 is 3.15. The van der Waals surface area contributed by atoms with Crippen molar-refractivity contribution in [3.8, 4) is 5.69 Å². The Kier molecular flexibility index (Phi) is 5.83. The minimum absolute atomic E-state index is 0.0260. The molecule has 3 aromatic heterocycles. The summed E-state index contributed by atoms with van der Waals surface area (Å²) in [7, 11) is 0. The zero-order valence-corrected chi connectivity index (χ0v) is 19.4. The van der Waals surface area contributed by atoms with Crippen LogP contribution in [0.4, 0.5) is 5.82 Å². The number of carbonyl (C=O) groups is 1. The number of rotatable bonds is 5. The summed E-state index contributed by atoms with van der Waals surface area (Å²) >= 11 is 0. The Morgan fingerprint density at radius 3 is 2.38 bits per heavy atom. The van der Waals surface area contributed by atoms with E-state index in [-0.39, 0.29) is 24.4 Å². The lowest BCUT2D eigenvalue weighted by molar-refractivity contribution is -0.131. The second-order valence-corrected chi connectivity index (χ2v) is 8.48. The third-order valence-corrected chi connectivity index (χ3v) is 6.33. The highest BCUT2D eigenvalue weighted by Crippen LogP contribution is 2.21. The Hall–Kier alpha value is -4.01. The van der Waals surface area contributed by atoms with E-state index in [0.717, 1.165) is 41.4 Å². The Balaban J connectivity index is 1.29. The number of hydrogen-bond donors (Lipinski definition) is 0. The molecule has 0 saturated carbocycles. The van der Waals surface area contributed by atoms with Crippen LogP contribution in [0.5, 0.6) is 0 Å². The standard InChI is InChI=1S/C25H27N7O2/c1-18-23-19(2)32(20-8-4-3-5-9-20)28-24(23)25(34)31(27-18)13-11-22(33)30-16-14-29(15-17-30)21-10-6-7-12-26-21/h3-10,12H,11,13-17H2,1-2H3. The van der Waals surface area contributed by atoms with Crippen LogP contribution < -0.4 is 10.5 Å². The second kappa shape index (κ2) is 9.09. The quantitative estimate of drug-likeness (QED) is 0.457. The lowest BCUT2D eigenvalue weighted by Gasteiger charge is -2.35. The first-order valence-electron chi connectivity index (χ1n) is 11.5. The van der Waals surface area contributed by atoms with E-state index in [9.17, 15) is 9.59 Å². The van der Waals surface area contributed by atoms with E-state index < -0.39 is 0 Å². The smallest absolute Gasteiger partial charge is 0.295 e. The first-order chi connectivity index (χ1) is 16.5. The molecule has 1 aromatic carbocycles. The fraction of sp³-hybridized carbons (Fsp3) is 0.320. The second-order valence-electron chi connectivity index (χ2n) is 8.48. The maximum atomic E-state index is 13.2. The summed E-state index contributed by atoms with van der Waals surface area (Å²) in [6.07, 6.45) is 2.00. The Morgan fingerprint density at radius 2 is 1.68 bits per heavy atom. The van der Waals surface area contributed by atoms with E-state index >= 15 is 0 Å². The van der Waals surface area contributed by atoms with Crippen molar-refractivity contribution in [2.24, 2.45) is 0 Å². The number of pyridine rings is 1. The highest BCUT2D eigenvalue weighted by atomic mass is 16.2. The van der Waals surface area contributed by atoms with Crippen molar-refractivity contribution in [1.29, 1.82) is 0 Å². The van der Waals surface area contributed by atoms with Crippen molar-refractivity contribution in [3.63, 3.8) is 0 Å². The first-order valence-corrected chi connectivity index (χ1v) is 11.5. The van der Waals surface area contributed by atoms with Gasteiger partial charge < -0.3 is 9.80 Å². The molecule has 1 amide bonds. The summed E-state index contributed by atoms with van der Waals surface area (Å²) in [5.41, 5.74) is 2.60. The van der Waals surface area contributed by atoms with Gasteiger partial charge in [-0.05, 0) is 38.1 Å². The van der Waals surface area contributed by atoms with Gasteiger partial charge in [0.1, 0.15) is 5.82 Å². The number of aromatic nitrogens is 5. The van der Waals surface area contributed by atoms with Crippen LogP contribution in [0.25, 0.3) is 16.6 Å². The van der Waals surface area contributed by atoms with Crippen molar-refractivity contribution >= 4 is 22.6 Å². The molecule has 5 rings (SSSR count). The van der Waals surface area contributed by atoms with Gasteiger partial charge in [0.05, 0.1) is 29.0 Å². The number of piperazine rings is 1. The molecule has 1 aliphatic rings. The molecule has 0 aliphatic carbocycles. The number of benzene rings is 1. The van der Waals surface area contributed by atoms with E-state index in [2.05, 4.69) is 20.1 Å². The lowest BCUT2D eigenvalue weighted by Crippen LogP contribution is -2.49. The number of carbonyl (C=O) groups excluding carboxylic acids is 1. The van der Waals surface area contributed by atoms with E-state index in [1.165, 1.54) is 4.68 Å². The summed E-state index contributed by atoms with van der Waals surface area (Å²) in [4.78, 5) is 34.4. The minimum Gasteiger partial charge on any atom is -0.353 e. The van der Waals surface area contributed by atoms with E-state index in [1.807, 2.05) is 67.3 Å². The van der Waals surface area contributed by atoms with Crippen molar-refractivity contribution in [2.75, 3.05) is 31.1 Å². The Morgan fingerprint density at radius 1 is 0.941 bits per heavy atom. The maximum Gasteiger partial charge on any atom is 0.295 e. The van der Waals surface area contributed by atoms with Gasteiger partial charge in [-0.25, -0.2) is 14.3 Å². The molecule has 0 N–H and O–H groups in total. The summed E-state index contributed by atoms with van der Waals surface area (Å²) in [5.74, 6) is 0.956. The number of nitrogens with zero attached hydrogens (tertiary/aromatic N) is 7. The minimum atomic E-state index is -0.272. The molecular weight excluding hydrogens is 430 g/mol. The fourth-order valence-electron chi connectivity index (χ4n) is 4.54. The van der Waals surface area contributed by atoms with Crippen LogP contribution in [-0.4, -0.2) is 61.5 Å². The predicted octanol–water partition coefficient (Wildman–Crippen LogP) is 2.33. The highest BCUT2D eigenvalue weighted by Gasteiger charge is 2.23. The number of aryl methyl sites for hydroxylation is 3. The van der Waals surface area contributed by atoms with Gasteiger partial charge in [-0.3, -0.25) is 9.59 Å². The largest absolute Gasteiger partial charge is 0.353 e. The molecule has 34 heavy (non-hydrogen) atoms. The monoisotopic (exact) mass is 457 g/mol. The molecule has 0 bridgehead atoms. The van der Waals surface area contributed by atoms with Crippen molar-refractivity contribution in [2.45, 2.75) is 26.8 Å². The molecule has 1 fully saturated rings. The molecule has 0 radical (unpaired) electrons. The first kappa shape index (κ1) is 21.8. The van der Waals surface area contributed by atoms with E-state index in [1.54, 1.807) is 10.9 Å². The third-order valence-electron chi connectivity index (χ3n) is 6.33. The molecule has 1 saturated heterocycles. The van der Waals surface area contributed by atoms with Gasteiger partial charge in [0, 0.05) is 38.8 Å². The lowest BCUT2D eigenvalue weighted by atomic mass is 10.2. The summed E-state index contributed by atoms with van der Waals surface area (Å²) in [6.45, 7) is 6.79. The number of para-hydroxylation sites is 1. The number of amides is 1. The Labute approximate surface area is 197 Å². The molecule has 0 unspecified atom stereocenters. The van der Waals surface area contributed by atoms with E-state index in [4.69, 9.17) is 0 Å². The summed E-state index contributed by atoms with van der Waals surface area (Å²) in [5, 5.41) is 9.86. The molecule has 9 nitrogen and oxygen atoms in total. The number of fused-ring (bicyclic) bond motifs is 1. The van der Waals surface area contributed by atoms with Gasteiger partial charge in [0.15, 0.2) is 5.52 Å². The van der Waals surface area contributed by atoms with Gasteiger partial charge >= 0.3 is 0 Å². The van der Waals surface area contributed by atoms with Crippen LogP contribution in [0.15, 0.2) is 59.5 Å². The summed E-state index contributed by atoms with van der Waals surface area (Å²) in [6, 6.07) is 15.6. The van der Waals surface area contributed by atoms with Crippen LogP contribution in [0.3, 0.4) is 0 Å². The predicted molar refractivity (Wildman–Crippen MR) is 130 cm³/mol. The van der Waals surface area contributed by atoms with Crippen molar-refractivity contribution in [3.05, 3.63) is 76.5 Å². The normalized spacial score (nSPS) is 14.1. The van der Waals surface area contributed by atoms with Gasteiger partial charge in [0.25, 0.3) is 5.56 Å². The van der Waals surface area contributed by atoms with Crippen molar-refractivity contribution < 1.29 is 4.79 Å². The highest BCUT2D eigenvalue weighted by molar-refractivity contribution is 5.83. The molecular formula is C25H27N7O2. The number of hydrogen-bond acceptors (Lipinski definition) is 6. The third kappa shape index (κ3) is 4.05. The van der Waals surface area contributed by atoms with Gasteiger partial charge in [0.2, 0.25) is 5.91 Å². The molecule has 1 aliphatic heterocycles. The Bertz CT molecular complexity index is 1370. The van der Waals surface area contributed by atoms with Gasteiger partial charge in [-0.1, -0.05) is 24.3 Å². The maximum absolute atomic E-state index is 13.2. The average Bonchev–Trinajstić information content (AvgIpc) is 3.24. The topological polar surface area (TPSA) is 89.2 Å². The van der Waals surface area contributed by atoms with Crippen LogP contribution in [0.1, 0.15) is 17.8 Å². The molecule has 0 atom stereocenters. The molecule has 174 valence electrons. The zero-order valence-electron chi connectivity index (χ0n) is 19.4. The van der Waals surface area contributed by atoms with Crippen LogP contribution in [0.2, 0.25) is 0 Å². The van der Waals surface area contributed by atoms with Crippen molar-refractivity contribution in [1.82, 2.24) is 29.4 Å². The molecule has 0 spiro atoms. The zero-order chi connectivity index (χ0) is 23.7. The average molecular weight is 458 g/mol. The van der Waals surface area contributed by atoms with Crippen LogP contribution >= 0.6 is 0 Å². The SMILES string of the molecule is Cc1nn(CCC(=O)N2CCN(c3ccccn3)CC2)c(=O)c2nn(-c3ccccc3)c(C)c12. The van der Waals surface area contributed by atoms with Crippen LogP contribution in [0, 0.1) is 13.8 Å². The van der Waals surface area contributed by atoms with E-state index in [0.29, 0.717) is 18.6 Å². The van der Waals surface area contributed by atoms with Gasteiger partial charge in [-0.15, -0.1) is 0 Å². The van der Waals surface area contributed by atoms with Crippen LogP contribution in [-0.2, 0) is 11.3 Å². The molecule has 4 aromatic rings. The number of anilines is 1. The van der Waals surface area contributed by atoms with Gasteiger partial charge in [-0.2, -0.15) is 10.2 Å². The molecule has 9 heteroatoms. The molecule has 4 heterocycles.